The Bertz CT molecular complexity index is 830. The summed E-state index contributed by atoms with van der Waals surface area (Å²) in [5.41, 5.74) is 0.429. The Balaban J connectivity index is 1.87. The highest BCUT2D eigenvalue weighted by atomic mass is 79.9. The van der Waals surface area contributed by atoms with Gasteiger partial charge < -0.3 is 4.74 Å². The van der Waals surface area contributed by atoms with Crippen LogP contribution >= 0.6 is 27.5 Å². The Labute approximate surface area is 135 Å². The second kappa shape index (κ2) is 5.88. The van der Waals surface area contributed by atoms with Crippen LogP contribution in [-0.2, 0) is 0 Å². The van der Waals surface area contributed by atoms with Crippen molar-refractivity contribution in [3.8, 4) is 5.75 Å². The second-order valence-corrected chi connectivity index (χ2v) is 5.91. The molecule has 0 aliphatic heterocycles. The maximum atomic E-state index is 12.1. The van der Waals surface area contributed by atoms with Crippen molar-refractivity contribution in [2.45, 2.75) is 0 Å². The van der Waals surface area contributed by atoms with Gasteiger partial charge >= 0.3 is 5.97 Å². The maximum Gasteiger partial charge on any atom is 0.343 e. The van der Waals surface area contributed by atoms with Crippen LogP contribution in [0.2, 0.25) is 5.02 Å². The first kappa shape index (κ1) is 14.1. The van der Waals surface area contributed by atoms with Gasteiger partial charge in [0.25, 0.3) is 0 Å². The molecule has 0 fully saturated rings. The summed E-state index contributed by atoms with van der Waals surface area (Å²) in [4.78, 5) is 12.1. The van der Waals surface area contributed by atoms with E-state index in [0.717, 1.165) is 15.2 Å². The fourth-order valence-corrected chi connectivity index (χ4v) is 2.61. The van der Waals surface area contributed by atoms with Crippen LogP contribution in [0.1, 0.15) is 10.4 Å². The van der Waals surface area contributed by atoms with Crippen LogP contribution in [0.25, 0.3) is 10.8 Å². The van der Waals surface area contributed by atoms with E-state index in [1.807, 2.05) is 30.3 Å². The highest BCUT2D eigenvalue weighted by Crippen LogP contribution is 2.24. The van der Waals surface area contributed by atoms with E-state index in [0.29, 0.717) is 16.3 Å². The Morgan fingerprint density at radius 1 is 0.952 bits per heavy atom. The lowest BCUT2D eigenvalue weighted by Gasteiger charge is -2.06. The van der Waals surface area contributed by atoms with Crippen molar-refractivity contribution in [3.05, 3.63) is 75.7 Å². The molecule has 21 heavy (non-hydrogen) atoms. The predicted octanol–water partition coefficient (Wildman–Crippen LogP) is 5.47. The van der Waals surface area contributed by atoms with Crippen molar-refractivity contribution in [1.82, 2.24) is 0 Å². The van der Waals surface area contributed by atoms with Gasteiger partial charge in [-0.1, -0.05) is 45.7 Å². The molecule has 0 atom stereocenters. The molecular weight excluding hydrogens is 352 g/mol. The first-order valence-electron chi connectivity index (χ1n) is 6.29. The third kappa shape index (κ3) is 3.26. The van der Waals surface area contributed by atoms with Gasteiger partial charge in [-0.05, 0) is 53.2 Å². The Kier molecular flexibility index (Phi) is 3.95. The molecule has 0 N–H and O–H groups in total. The SMILES string of the molecule is O=C(Oc1ccc2cc(Br)ccc2c1)c1cccc(Cl)c1. The van der Waals surface area contributed by atoms with Gasteiger partial charge in [-0.25, -0.2) is 4.79 Å². The Hall–Kier alpha value is -1.84. The standard InChI is InChI=1S/C17H10BrClO2/c18-14-6-4-12-10-16(7-5-11(12)8-14)21-17(20)13-2-1-3-15(19)9-13/h1-10H. The van der Waals surface area contributed by atoms with Gasteiger partial charge in [-0.3, -0.25) is 0 Å². The van der Waals surface area contributed by atoms with Crippen LogP contribution in [0, 0.1) is 0 Å². The zero-order chi connectivity index (χ0) is 14.8. The van der Waals surface area contributed by atoms with Crippen molar-refractivity contribution in [3.63, 3.8) is 0 Å². The molecule has 3 aromatic carbocycles. The third-order valence-corrected chi connectivity index (χ3v) is 3.77. The van der Waals surface area contributed by atoms with Crippen molar-refractivity contribution < 1.29 is 9.53 Å². The molecule has 0 bridgehead atoms. The van der Waals surface area contributed by atoms with Crippen LogP contribution in [0.3, 0.4) is 0 Å². The highest BCUT2D eigenvalue weighted by Gasteiger charge is 2.09. The summed E-state index contributed by atoms with van der Waals surface area (Å²) in [7, 11) is 0. The number of hydrogen-bond donors (Lipinski definition) is 0. The van der Waals surface area contributed by atoms with E-state index < -0.39 is 5.97 Å². The van der Waals surface area contributed by atoms with E-state index in [-0.39, 0.29) is 0 Å². The molecule has 0 unspecified atom stereocenters. The fourth-order valence-electron chi connectivity index (χ4n) is 2.04. The molecule has 0 amide bonds. The zero-order valence-electron chi connectivity index (χ0n) is 10.8. The number of rotatable bonds is 2. The quantitative estimate of drug-likeness (QED) is 0.446. The lowest BCUT2D eigenvalue weighted by Crippen LogP contribution is -2.08. The van der Waals surface area contributed by atoms with Gasteiger partial charge in [-0.15, -0.1) is 0 Å². The molecule has 0 saturated heterocycles. The van der Waals surface area contributed by atoms with Crippen LogP contribution < -0.4 is 4.74 Å². The third-order valence-electron chi connectivity index (χ3n) is 3.04. The van der Waals surface area contributed by atoms with E-state index in [1.165, 1.54) is 0 Å². The average Bonchev–Trinajstić information content (AvgIpc) is 2.47. The van der Waals surface area contributed by atoms with Gasteiger partial charge in [0, 0.05) is 9.50 Å². The Morgan fingerprint density at radius 2 is 1.71 bits per heavy atom. The van der Waals surface area contributed by atoms with Crippen LogP contribution in [0.4, 0.5) is 0 Å². The molecule has 0 aliphatic rings. The topological polar surface area (TPSA) is 26.3 Å². The van der Waals surface area contributed by atoms with Crippen LogP contribution in [0.15, 0.2) is 65.1 Å². The molecule has 4 heteroatoms. The minimum Gasteiger partial charge on any atom is -0.423 e. The zero-order valence-corrected chi connectivity index (χ0v) is 13.2. The number of ether oxygens (including phenoxy) is 1. The fraction of sp³-hybridized carbons (Fsp3) is 0. The number of carbonyl (C=O) groups is 1. The van der Waals surface area contributed by atoms with Gasteiger partial charge in [0.1, 0.15) is 5.75 Å². The molecule has 0 aromatic heterocycles. The highest BCUT2D eigenvalue weighted by molar-refractivity contribution is 9.10. The largest absolute Gasteiger partial charge is 0.423 e. The summed E-state index contributed by atoms with van der Waals surface area (Å²) in [6.07, 6.45) is 0. The molecule has 0 spiro atoms. The van der Waals surface area contributed by atoms with E-state index >= 15 is 0 Å². The van der Waals surface area contributed by atoms with Crippen molar-refractivity contribution in [2.24, 2.45) is 0 Å². The molecule has 0 radical (unpaired) electrons. The molecule has 0 saturated carbocycles. The summed E-state index contributed by atoms with van der Waals surface area (Å²) in [6.45, 7) is 0. The van der Waals surface area contributed by atoms with Crippen LogP contribution in [-0.4, -0.2) is 5.97 Å². The van der Waals surface area contributed by atoms with E-state index in [1.54, 1.807) is 30.3 Å². The van der Waals surface area contributed by atoms with E-state index in [4.69, 9.17) is 16.3 Å². The number of esters is 1. The monoisotopic (exact) mass is 360 g/mol. The minimum absolute atomic E-state index is 0.422. The van der Waals surface area contributed by atoms with Gasteiger partial charge in [0.2, 0.25) is 0 Å². The lowest BCUT2D eigenvalue weighted by atomic mass is 10.1. The van der Waals surface area contributed by atoms with Gasteiger partial charge in [-0.2, -0.15) is 0 Å². The van der Waals surface area contributed by atoms with Crippen LogP contribution in [0.5, 0.6) is 5.75 Å². The first-order chi connectivity index (χ1) is 10.1. The summed E-state index contributed by atoms with van der Waals surface area (Å²) < 4.78 is 6.40. The number of carbonyl (C=O) groups excluding carboxylic acids is 1. The maximum absolute atomic E-state index is 12.1. The van der Waals surface area contributed by atoms with E-state index in [9.17, 15) is 4.79 Å². The van der Waals surface area contributed by atoms with Gasteiger partial charge in [0.15, 0.2) is 0 Å². The van der Waals surface area contributed by atoms with Crippen molar-refractivity contribution in [1.29, 1.82) is 0 Å². The van der Waals surface area contributed by atoms with Crippen molar-refractivity contribution in [2.75, 3.05) is 0 Å². The summed E-state index contributed by atoms with van der Waals surface area (Å²) in [5, 5.41) is 2.59. The number of fused-ring (bicyclic) bond motifs is 1. The molecule has 3 aromatic rings. The number of halogens is 2. The predicted molar refractivity (Wildman–Crippen MR) is 88.1 cm³/mol. The average molecular weight is 362 g/mol. The van der Waals surface area contributed by atoms with Crippen molar-refractivity contribution >= 4 is 44.3 Å². The molecular formula is C17H10BrClO2. The number of benzene rings is 3. The molecule has 0 aliphatic carbocycles. The van der Waals surface area contributed by atoms with Gasteiger partial charge in [0.05, 0.1) is 5.56 Å². The smallest absolute Gasteiger partial charge is 0.343 e. The lowest BCUT2D eigenvalue weighted by molar-refractivity contribution is 0.0735. The molecule has 2 nitrogen and oxygen atoms in total. The molecule has 104 valence electrons. The molecule has 3 rings (SSSR count). The first-order valence-corrected chi connectivity index (χ1v) is 7.46. The summed E-state index contributed by atoms with van der Waals surface area (Å²) >= 11 is 9.30. The normalized spacial score (nSPS) is 10.6. The summed E-state index contributed by atoms with van der Waals surface area (Å²) in [6, 6.07) is 18.2. The second-order valence-electron chi connectivity index (χ2n) is 4.55. The van der Waals surface area contributed by atoms with E-state index in [2.05, 4.69) is 15.9 Å². The minimum atomic E-state index is -0.422. The molecule has 0 heterocycles. The Morgan fingerprint density at radius 3 is 2.52 bits per heavy atom. The summed E-state index contributed by atoms with van der Waals surface area (Å²) in [5.74, 6) is 0.0868. The number of hydrogen-bond acceptors (Lipinski definition) is 2.